The monoisotopic (exact) mass is 321 g/mol. The van der Waals surface area contributed by atoms with E-state index >= 15 is 0 Å². The SMILES string of the molecule is CCOc1cccc(CNC(C)C(O)c2ccc(F)c(F)c2)c1. The lowest BCUT2D eigenvalue weighted by Crippen LogP contribution is -2.31. The van der Waals surface area contributed by atoms with E-state index < -0.39 is 17.7 Å². The molecule has 0 aliphatic heterocycles. The molecule has 2 atom stereocenters. The Balaban J connectivity index is 1.96. The molecule has 0 heterocycles. The van der Waals surface area contributed by atoms with Crippen LogP contribution in [0.4, 0.5) is 8.78 Å². The third kappa shape index (κ3) is 4.74. The molecule has 0 radical (unpaired) electrons. The number of hydrogen-bond acceptors (Lipinski definition) is 3. The average Bonchev–Trinajstić information content (AvgIpc) is 2.55. The Morgan fingerprint density at radius 1 is 1.13 bits per heavy atom. The molecule has 0 saturated carbocycles. The number of ether oxygens (including phenoxy) is 1. The number of aliphatic hydroxyl groups excluding tert-OH is 1. The van der Waals surface area contributed by atoms with Gasteiger partial charge in [-0.25, -0.2) is 8.78 Å². The smallest absolute Gasteiger partial charge is 0.159 e. The van der Waals surface area contributed by atoms with Crippen LogP contribution in [0.5, 0.6) is 5.75 Å². The standard InChI is InChI=1S/C18H21F2NO2/c1-3-23-15-6-4-5-13(9-15)11-21-12(2)18(22)14-7-8-16(19)17(20)10-14/h4-10,12,18,21-22H,3,11H2,1-2H3. The van der Waals surface area contributed by atoms with Crippen LogP contribution in [0.25, 0.3) is 0 Å². The van der Waals surface area contributed by atoms with Gasteiger partial charge in [-0.3, -0.25) is 0 Å². The predicted molar refractivity (Wildman–Crippen MR) is 85.2 cm³/mol. The first-order valence-corrected chi connectivity index (χ1v) is 7.59. The predicted octanol–water partition coefficient (Wildman–Crippen LogP) is 3.58. The number of aliphatic hydroxyl groups is 1. The maximum Gasteiger partial charge on any atom is 0.159 e. The number of hydrogen-bond donors (Lipinski definition) is 2. The van der Waals surface area contributed by atoms with Gasteiger partial charge in [0.15, 0.2) is 11.6 Å². The largest absolute Gasteiger partial charge is 0.494 e. The first kappa shape index (κ1) is 17.4. The van der Waals surface area contributed by atoms with Crippen LogP contribution in [0, 0.1) is 11.6 Å². The quantitative estimate of drug-likeness (QED) is 0.819. The van der Waals surface area contributed by atoms with Gasteiger partial charge in [-0.15, -0.1) is 0 Å². The Morgan fingerprint density at radius 3 is 2.61 bits per heavy atom. The molecule has 23 heavy (non-hydrogen) atoms. The second kappa shape index (κ2) is 8.04. The molecule has 0 fully saturated rings. The summed E-state index contributed by atoms with van der Waals surface area (Å²) >= 11 is 0. The average molecular weight is 321 g/mol. The van der Waals surface area contributed by atoms with Crippen LogP contribution >= 0.6 is 0 Å². The van der Waals surface area contributed by atoms with Crippen molar-refractivity contribution in [2.45, 2.75) is 32.5 Å². The second-order valence-electron chi connectivity index (χ2n) is 5.37. The molecule has 0 amide bonds. The van der Waals surface area contributed by atoms with E-state index in [0.29, 0.717) is 18.7 Å². The minimum atomic E-state index is -0.960. The third-order valence-corrected chi connectivity index (χ3v) is 3.60. The minimum Gasteiger partial charge on any atom is -0.494 e. The van der Waals surface area contributed by atoms with Crippen molar-refractivity contribution in [3.05, 3.63) is 65.2 Å². The zero-order chi connectivity index (χ0) is 16.8. The number of rotatable bonds is 7. The Morgan fingerprint density at radius 2 is 1.91 bits per heavy atom. The topological polar surface area (TPSA) is 41.5 Å². The Bertz CT molecular complexity index is 649. The van der Waals surface area contributed by atoms with Crippen molar-refractivity contribution < 1.29 is 18.6 Å². The molecular formula is C18H21F2NO2. The maximum absolute atomic E-state index is 13.3. The van der Waals surface area contributed by atoms with Gasteiger partial charge in [-0.1, -0.05) is 18.2 Å². The molecule has 2 N–H and O–H groups in total. The summed E-state index contributed by atoms with van der Waals surface area (Å²) in [5.74, 6) is -1.09. The van der Waals surface area contributed by atoms with E-state index in [1.165, 1.54) is 6.07 Å². The van der Waals surface area contributed by atoms with E-state index in [4.69, 9.17) is 4.74 Å². The van der Waals surface area contributed by atoms with Crippen molar-refractivity contribution in [1.82, 2.24) is 5.32 Å². The summed E-state index contributed by atoms with van der Waals surface area (Å²) < 4.78 is 31.6. The van der Waals surface area contributed by atoms with Gasteiger partial charge < -0.3 is 15.2 Å². The summed E-state index contributed by atoms with van der Waals surface area (Å²) in [6.07, 6.45) is -0.930. The molecule has 2 rings (SSSR count). The lowest BCUT2D eigenvalue weighted by molar-refractivity contribution is 0.135. The van der Waals surface area contributed by atoms with E-state index in [-0.39, 0.29) is 6.04 Å². The van der Waals surface area contributed by atoms with E-state index in [1.807, 2.05) is 31.2 Å². The van der Waals surface area contributed by atoms with Gasteiger partial charge in [0.2, 0.25) is 0 Å². The molecule has 0 bridgehead atoms. The van der Waals surface area contributed by atoms with Crippen molar-refractivity contribution in [1.29, 1.82) is 0 Å². The summed E-state index contributed by atoms with van der Waals surface area (Å²) in [6, 6.07) is 10.8. The van der Waals surface area contributed by atoms with Crippen LogP contribution in [-0.2, 0) is 6.54 Å². The fourth-order valence-corrected chi connectivity index (χ4v) is 2.29. The molecule has 3 nitrogen and oxygen atoms in total. The van der Waals surface area contributed by atoms with Gasteiger partial charge in [-0.2, -0.15) is 0 Å². The molecule has 2 aromatic rings. The highest BCUT2D eigenvalue weighted by atomic mass is 19.2. The van der Waals surface area contributed by atoms with Crippen molar-refractivity contribution in [2.24, 2.45) is 0 Å². The Hall–Kier alpha value is -1.98. The van der Waals surface area contributed by atoms with Crippen molar-refractivity contribution in [3.63, 3.8) is 0 Å². The van der Waals surface area contributed by atoms with Crippen molar-refractivity contribution in [2.75, 3.05) is 6.61 Å². The second-order valence-corrected chi connectivity index (χ2v) is 5.37. The van der Waals surface area contributed by atoms with Gasteiger partial charge in [0.05, 0.1) is 12.7 Å². The molecule has 2 aromatic carbocycles. The summed E-state index contributed by atoms with van der Waals surface area (Å²) in [6.45, 7) is 4.84. The van der Waals surface area contributed by atoms with Gasteiger partial charge in [0.1, 0.15) is 5.75 Å². The highest BCUT2D eigenvalue weighted by molar-refractivity contribution is 5.28. The fourth-order valence-electron chi connectivity index (χ4n) is 2.29. The van der Waals surface area contributed by atoms with Gasteiger partial charge >= 0.3 is 0 Å². The normalized spacial score (nSPS) is 13.6. The summed E-state index contributed by atoms with van der Waals surface area (Å²) in [5, 5.41) is 13.4. The van der Waals surface area contributed by atoms with Crippen LogP contribution in [0.2, 0.25) is 0 Å². The molecule has 2 unspecified atom stereocenters. The van der Waals surface area contributed by atoms with E-state index in [1.54, 1.807) is 6.92 Å². The molecular weight excluding hydrogens is 300 g/mol. The molecule has 5 heteroatoms. The van der Waals surface area contributed by atoms with Gasteiger partial charge in [0.25, 0.3) is 0 Å². The first-order valence-electron chi connectivity index (χ1n) is 7.59. The zero-order valence-electron chi connectivity index (χ0n) is 13.2. The van der Waals surface area contributed by atoms with Crippen LogP contribution < -0.4 is 10.1 Å². The number of benzene rings is 2. The van der Waals surface area contributed by atoms with Crippen LogP contribution in [0.3, 0.4) is 0 Å². The van der Waals surface area contributed by atoms with Crippen LogP contribution in [-0.4, -0.2) is 17.8 Å². The Kier molecular flexibility index (Phi) is 6.07. The van der Waals surface area contributed by atoms with Crippen molar-refractivity contribution in [3.8, 4) is 5.75 Å². The Labute approximate surface area is 134 Å². The highest BCUT2D eigenvalue weighted by Gasteiger charge is 2.17. The summed E-state index contributed by atoms with van der Waals surface area (Å²) in [4.78, 5) is 0. The van der Waals surface area contributed by atoms with Gasteiger partial charge in [-0.05, 0) is 49.2 Å². The van der Waals surface area contributed by atoms with Crippen LogP contribution in [0.1, 0.15) is 31.1 Å². The molecule has 124 valence electrons. The van der Waals surface area contributed by atoms with E-state index in [0.717, 1.165) is 23.4 Å². The molecule has 0 aliphatic carbocycles. The van der Waals surface area contributed by atoms with E-state index in [9.17, 15) is 13.9 Å². The lowest BCUT2D eigenvalue weighted by Gasteiger charge is -2.21. The lowest BCUT2D eigenvalue weighted by atomic mass is 10.0. The zero-order valence-corrected chi connectivity index (χ0v) is 13.2. The molecule has 0 aromatic heterocycles. The highest BCUT2D eigenvalue weighted by Crippen LogP contribution is 2.20. The third-order valence-electron chi connectivity index (χ3n) is 3.60. The van der Waals surface area contributed by atoms with E-state index in [2.05, 4.69) is 5.32 Å². The summed E-state index contributed by atoms with van der Waals surface area (Å²) in [7, 11) is 0. The van der Waals surface area contributed by atoms with Gasteiger partial charge in [0, 0.05) is 12.6 Å². The molecule has 0 spiro atoms. The molecule has 0 saturated heterocycles. The number of nitrogens with one attached hydrogen (secondary N) is 1. The maximum atomic E-state index is 13.3. The van der Waals surface area contributed by atoms with Crippen molar-refractivity contribution >= 4 is 0 Å². The van der Waals surface area contributed by atoms with Crippen LogP contribution in [0.15, 0.2) is 42.5 Å². The summed E-state index contributed by atoms with van der Waals surface area (Å²) in [5.41, 5.74) is 1.35. The molecule has 0 aliphatic rings. The fraction of sp³-hybridized carbons (Fsp3) is 0.333. The first-order chi connectivity index (χ1) is 11.0. The number of halogens is 2. The minimum absolute atomic E-state index is 0.324.